The smallest absolute Gasteiger partial charge is 0.181 e. The van der Waals surface area contributed by atoms with Gasteiger partial charge in [0.05, 0.1) is 0 Å². The van der Waals surface area contributed by atoms with Crippen LogP contribution in [0, 0.1) is 0 Å². The number of carbonyl (C=O) groups excluding carboxylic acids is 1. The molecule has 0 saturated heterocycles. The number of rotatable bonds is 7. The molecule has 0 heterocycles. The van der Waals surface area contributed by atoms with Gasteiger partial charge in [0.2, 0.25) is 0 Å². The molecule has 0 N–H and O–H groups in total. The quantitative estimate of drug-likeness (QED) is 0.512. The van der Waals surface area contributed by atoms with Gasteiger partial charge in [-0.25, -0.2) is 0 Å². The maximum absolute atomic E-state index is 13.0. The zero-order valence-electron chi connectivity index (χ0n) is 15.6. The fourth-order valence-electron chi connectivity index (χ4n) is 2.62. The third-order valence-corrected chi connectivity index (χ3v) is 5.76. The molecule has 0 fully saturated rings. The summed E-state index contributed by atoms with van der Waals surface area (Å²) in [5, 5.41) is 0. The lowest BCUT2D eigenvalue weighted by Crippen LogP contribution is -2.11. The Morgan fingerprint density at radius 2 is 1.36 bits per heavy atom. The van der Waals surface area contributed by atoms with Gasteiger partial charge in [0, 0.05) is 5.56 Å². The Morgan fingerprint density at radius 3 is 1.68 bits per heavy atom. The summed E-state index contributed by atoms with van der Waals surface area (Å²) in [4.78, 5) is 13.0. The molecule has 2 unspecified atom stereocenters. The highest BCUT2D eigenvalue weighted by Gasteiger charge is 2.22. The van der Waals surface area contributed by atoms with Crippen LogP contribution in [-0.2, 0) is 0 Å². The largest absolute Gasteiger partial charge is 0.289 e. The molecule has 1 rings (SSSR count). The van der Waals surface area contributed by atoms with E-state index in [2.05, 4.69) is 67.5 Å². The predicted octanol–water partition coefficient (Wildman–Crippen LogP) is 6.67. The van der Waals surface area contributed by atoms with Gasteiger partial charge in [-0.15, -0.1) is 0 Å². The van der Waals surface area contributed by atoms with E-state index >= 15 is 0 Å². The lowest BCUT2D eigenvalue weighted by atomic mass is 9.85. The molecule has 2 heteroatoms. The van der Waals surface area contributed by atoms with E-state index in [1.807, 2.05) is 0 Å². The van der Waals surface area contributed by atoms with Crippen LogP contribution in [0.25, 0.3) is 0 Å². The Bertz CT molecular complexity index is 485. The Kier molecular flexibility index (Phi) is 7.26. The maximum Gasteiger partial charge on any atom is 0.181 e. The Hall–Kier alpha value is -0.680. The maximum atomic E-state index is 13.0. The van der Waals surface area contributed by atoms with E-state index < -0.39 is 0 Å². The van der Waals surface area contributed by atoms with Crippen molar-refractivity contribution in [3.05, 3.63) is 34.4 Å². The zero-order valence-corrected chi connectivity index (χ0v) is 16.6. The van der Waals surface area contributed by atoms with Crippen molar-refractivity contribution < 1.29 is 4.79 Å². The van der Waals surface area contributed by atoms with Crippen LogP contribution in [0.5, 0.6) is 0 Å². The van der Waals surface area contributed by atoms with E-state index in [1.165, 1.54) is 16.7 Å². The second-order valence-corrected chi connectivity index (χ2v) is 9.05. The Balaban J connectivity index is 3.48. The second kappa shape index (κ2) is 8.25. The van der Waals surface area contributed by atoms with Crippen LogP contribution >= 0.6 is 8.58 Å². The molecular weight excluding hydrogens is 287 g/mol. The zero-order chi connectivity index (χ0) is 17.0. The monoisotopic (exact) mass is 320 g/mol. The SMILES string of the molecule is CCC(C)PC(=O)c1c(C(C)C)cc(C(C)C)cc1C(C)C. The van der Waals surface area contributed by atoms with Crippen LogP contribution in [0.15, 0.2) is 12.1 Å². The molecule has 2 atom stereocenters. The van der Waals surface area contributed by atoms with Gasteiger partial charge in [-0.1, -0.05) is 67.5 Å². The molecule has 0 spiro atoms. The standard InChI is InChI=1S/C20H33OP/c1-9-15(8)22-20(21)19-17(13(4)5)10-16(12(2)3)11-18(19)14(6)7/h10-15,22H,9H2,1-8H3. The summed E-state index contributed by atoms with van der Waals surface area (Å²) in [7, 11) is 0.388. The minimum absolute atomic E-state index is 0.358. The third kappa shape index (κ3) is 4.66. The van der Waals surface area contributed by atoms with Crippen LogP contribution in [-0.4, -0.2) is 11.2 Å². The van der Waals surface area contributed by atoms with Gasteiger partial charge in [0.15, 0.2) is 5.52 Å². The molecule has 0 amide bonds. The van der Waals surface area contributed by atoms with Crippen LogP contribution in [0.2, 0.25) is 0 Å². The second-order valence-electron chi connectivity index (χ2n) is 7.32. The van der Waals surface area contributed by atoms with Crippen LogP contribution < -0.4 is 0 Å². The molecule has 0 aromatic heterocycles. The predicted molar refractivity (Wildman–Crippen MR) is 101 cm³/mol. The van der Waals surface area contributed by atoms with E-state index in [-0.39, 0.29) is 0 Å². The van der Waals surface area contributed by atoms with E-state index in [4.69, 9.17) is 0 Å². The summed E-state index contributed by atoms with van der Waals surface area (Å²) < 4.78 is 0. The van der Waals surface area contributed by atoms with E-state index in [0.29, 0.717) is 37.5 Å². The van der Waals surface area contributed by atoms with Crippen molar-refractivity contribution in [1.29, 1.82) is 0 Å². The number of carbonyl (C=O) groups is 1. The first-order valence-electron chi connectivity index (χ1n) is 8.67. The molecule has 1 nitrogen and oxygen atoms in total. The summed E-state index contributed by atoms with van der Waals surface area (Å²) in [6.07, 6.45) is 1.07. The van der Waals surface area contributed by atoms with Gasteiger partial charge >= 0.3 is 0 Å². The molecule has 1 aromatic carbocycles. The molecule has 22 heavy (non-hydrogen) atoms. The summed E-state index contributed by atoms with van der Waals surface area (Å²) in [6, 6.07) is 4.55. The first-order valence-corrected chi connectivity index (χ1v) is 9.75. The molecule has 0 aliphatic rings. The van der Waals surface area contributed by atoms with E-state index in [1.54, 1.807) is 0 Å². The summed E-state index contributed by atoms with van der Waals surface area (Å²) in [5.41, 5.74) is 5.71. The fraction of sp³-hybridized carbons (Fsp3) is 0.650. The van der Waals surface area contributed by atoms with Gasteiger partial charge in [0.1, 0.15) is 0 Å². The first-order chi connectivity index (χ1) is 10.2. The number of hydrogen-bond donors (Lipinski definition) is 0. The van der Waals surface area contributed by atoms with Crippen molar-refractivity contribution in [2.24, 2.45) is 0 Å². The molecule has 0 radical (unpaired) electrons. The van der Waals surface area contributed by atoms with Crippen LogP contribution in [0.3, 0.4) is 0 Å². The van der Waals surface area contributed by atoms with Gasteiger partial charge in [-0.2, -0.15) is 0 Å². The third-order valence-electron chi connectivity index (χ3n) is 4.35. The van der Waals surface area contributed by atoms with E-state index in [0.717, 1.165) is 12.0 Å². The highest BCUT2D eigenvalue weighted by molar-refractivity contribution is 7.59. The average molecular weight is 320 g/mol. The van der Waals surface area contributed by atoms with Crippen molar-refractivity contribution >= 4 is 14.1 Å². The van der Waals surface area contributed by atoms with Crippen molar-refractivity contribution in [2.45, 2.75) is 85.2 Å². The molecule has 0 bridgehead atoms. The Morgan fingerprint density at radius 1 is 0.909 bits per heavy atom. The molecular formula is C20H33OP. The lowest BCUT2D eigenvalue weighted by molar-refractivity contribution is 0.108. The van der Waals surface area contributed by atoms with Gasteiger partial charge < -0.3 is 0 Å². The van der Waals surface area contributed by atoms with E-state index in [9.17, 15) is 4.79 Å². The molecule has 0 aliphatic carbocycles. The number of benzene rings is 1. The van der Waals surface area contributed by atoms with Crippen molar-refractivity contribution in [3.8, 4) is 0 Å². The minimum atomic E-state index is 0.358. The minimum Gasteiger partial charge on any atom is -0.289 e. The van der Waals surface area contributed by atoms with Gasteiger partial charge in [-0.3, -0.25) is 4.79 Å². The summed E-state index contributed by atoms with van der Waals surface area (Å²) >= 11 is 0. The molecule has 0 aliphatic heterocycles. The van der Waals surface area contributed by atoms with Gasteiger partial charge in [-0.05, 0) is 55.1 Å². The Labute approximate surface area is 139 Å². The number of hydrogen-bond acceptors (Lipinski definition) is 1. The summed E-state index contributed by atoms with van der Waals surface area (Å²) in [6.45, 7) is 17.6. The van der Waals surface area contributed by atoms with Gasteiger partial charge in [0.25, 0.3) is 0 Å². The van der Waals surface area contributed by atoms with Crippen molar-refractivity contribution in [2.75, 3.05) is 0 Å². The van der Waals surface area contributed by atoms with Crippen LogP contribution in [0.1, 0.15) is 107 Å². The highest BCUT2D eigenvalue weighted by atomic mass is 31.1. The normalized spacial score (nSPS) is 13.8. The molecule has 0 saturated carbocycles. The molecule has 124 valence electrons. The first kappa shape index (κ1) is 19.4. The van der Waals surface area contributed by atoms with Crippen LogP contribution in [0.4, 0.5) is 0 Å². The van der Waals surface area contributed by atoms with Crippen molar-refractivity contribution in [1.82, 2.24) is 0 Å². The summed E-state index contributed by atoms with van der Waals surface area (Å²) in [5.74, 6) is 1.27. The lowest BCUT2D eigenvalue weighted by Gasteiger charge is -2.23. The fourth-order valence-corrected chi connectivity index (χ4v) is 3.70. The average Bonchev–Trinajstić information content (AvgIpc) is 2.44. The molecule has 1 aromatic rings. The topological polar surface area (TPSA) is 17.1 Å². The van der Waals surface area contributed by atoms with Crippen molar-refractivity contribution in [3.63, 3.8) is 0 Å². The highest BCUT2D eigenvalue weighted by Crippen LogP contribution is 2.37.